The largest absolute Gasteiger partial charge is 0.465 e. The summed E-state index contributed by atoms with van der Waals surface area (Å²) < 4.78 is 6.33. The van der Waals surface area contributed by atoms with Crippen LogP contribution in [-0.4, -0.2) is 12.6 Å². The third-order valence-corrected chi connectivity index (χ3v) is 5.35. The summed E-state index contributed by atoms with van der Waals surface area (Å²) in [6.45, 7) is 6.76. The van der Waals surface area contributed by atoms with Gasteiger partial charge in [-0.3, -0.25) is 4.79 Å². The number of carbonyl (C=O) groups excluding carboxylic acids is 1. The molecule has 1 heterocycles. The molecule has 0 aliphatic carbocycles. The molecule has 0 aliphatic rings. The van der Waals surface area contributed by atoms with Gasteiger partial charge in [0.05, 0.1) is 13.0 Å². The molecule has 1 aromatic carbocycles. The second kappa shape index (κ2) is 11.6. The molecule has 3 nitrogen and oxygen atoms in total. The van der Waals surface area contributed by atoms with Crippen molar-refractivity contribution in [2.75, 3.05) is 6.61 Å². The van der Waals surface area contributed by atoms with Crippen LogP contribution in [0.15, 0.2) is 29.3 Å². The molecule has 0 saturated heterocycles. The molecule has 1 atom stereocenters. The van der Waals surface area contributed by atoms with E-state index in [1.165, 1.54) is 11.3 Å². The van der Waals surface area contributed by atoms with Gasteiger partial charge in [-0.15, -0.1) is 0 Å². The van der Waals surface area contributed by atoms with E-state index >= 15 is 0 Å². The Bertz CT molecular complexity index is 709. The molecule has 0 saturated carbocycles. The second-order valence-corrected chi connectivity index (χ2v) is 7.88. The third-order valence-electron chi connectivity index (χ3n) is 3.37. The molecule has 6 heteroatoms. The van der Waals surface area contributed by atoms with Gasteiger partial charge in [-0.1, -0.05) is 43.3 Å². The Morgan fingerprint density at radius 2 is 2.12 bits per heavy atom. The number of aryl methyl sites for hydroxylation is 1. The van der Waals surface area contributed by atoms with Gasteiger partial charge < -0.3 is 21.1 Å². The molecule has 0 amide bonds. The number of hydrogen-bond donors (Lipinski definition) is 0. The number of nitrogens with zero attached hydrogens (tertiary/aromatic N) is 1. The van der Waals surface area contributed by atoms with E-state index < -0.39 is 0 Å². The van der Waals surface area contributed by atoms with Crippen molar-refractivity contribution in [1.82, 2.24) is 0 Å². The Kier molecular flexibility index (Phi) is 10.7. The SMILES string of the molecule is CCCC(C)COC(=O)Cc1ccccc1N=c1s[c-]c(C)s1.[Yb]. The van der Waals surface area contributed by atoms with Crippen LogP contribution in [-0.2, 0) is 16.0 Å². The van der Waals surface area contributed by atoms with Crippen LogP contribution in [0.25, 0.3) is 0 Å². The summed E-state index contributed by atoms with van der Waals surface area (Å²) in [7, 11) is 0. The van der Waals surface area contributed by atoms with Gasteiger partial charge in [0.25, 0.3) is 0 Å². The third kappa shape index (κ3) is 7.52. The van der Waals surface area contributed by atoms with E-state index in [9.17, 15) is 4.79 Å². The van der Waals surface area contributed by atoms with Crippen molar-refractivity contribution in [2.24, 2.45) is 10.9 Å². The molecular weight excluding hydrogens is 499 g/mol. The molecular formula is C18H22NO2S2Yb-. The van der Waals surface area contributed by atoms with Gasteiger partial charge in [0.2, 0.25) is 0 Å². The fourth-order valence-corrected chi connectivity index (χ4v) is 3.96. The van der Waals surface area contributed by atoms with Crippen LogP contribution < -0.4 is 3.98 Å². The van der Waals surface area contributed by atoms with Gasteiger partial charge in [-0.2, -0.15) is 5.38 Å². The Morgan fingerprint density at radius 3 is 2.79 bits per heavy atom. The molecule has 2 rings (SSSR count). The van der Waals surface area contributed by atoms with Gasteiger partial charge >= 0.3 is 5.97 Å². The molecule has 1 unspecified atom stereocenters. The summed E-state index contributed by atoms with van der Waals surface area (Å²) >= 11 is 3.11. The number of rotatable bonds is 7. The summed E-state index contributed by atoms with van der Waals surface area (Å²) in [4.78, 5) is 17.8. The van der Waals surface area contributed by atoms with E-state index in [1.54, 1.807) is 11.3 Å². The van der Waals surface area contributed by atoms with Crippen molar-refractivity contribution in [3.05, 3.63) is 44.1 Å². The van der Waals surface area contributed by atoms with E-state index in [0.29, 0.717) is 12.5 Å². The summed E-state index contributed by atoms with van der Waals surface area (Å²) in [5.41, 5.74) is 1.73. The maximum Gasteiger partial charge on any atom is 0.310 e. The van der Waals surface area contributed by atoms with Crippen molar-refractivity contribution >= 4 is 34.3 Å². The first kappa shape index (κ1) is 22.1. The Hall–Kier alpha value is 0.0595. The van der Waals surface area contributed by atoms with Crippen LogP contribution in [0.5, 0.6) is 0 Å². The van der Waals surface area contributed by atoms with E-state index in [-0.39, 0.29) is 59.3 Å². The van der Waals surface area contributed by atoms with Crippen LogP contribution in [0, 0.1) is 65.1 Å². The van der Waals surface area contributed by atoms with Gasteiger partial charge in [-0.05, 0) is 30.9 Å². The second-order valence-electron chi connectivity index (χ2n) is 5.62. The molecule has 138 valence electrons. The van der Waals surface area contributed by atoms with E-state index in [0.717, 1.165) is 33.0 Å². The summed E-state index contributed by atoms with van der Waals surface area (Å²) in [5, 5.41) is 3.17. The summed E-state index contributed by atoms with van der Waals surface area (Å²) in [6, 6.07) is 7.73. The number of hydrogen-bond acceptors (Lipinski definition) is 5. The molecule has 0 spiro atoms. The zero-order valence-corrected chi connectivity index (χ0v) is 17.4. The standard InChI is InChI=1S/C18H22NO2S2.Yb/c1-4-7-13(2)11-21-17(20)10-15-8-5-6-9-16(15)19-18-22-12-14(3)23-18;/h5-6,8-9,13H,4,7,10-11H2,1-3H3;/q-1;. The van der Waals surface area contributed by atoms with Gasteiger partial charge in [0.15, 0.2) is 0 Å². The van der Waals surface area contributed by atoms with E-state index in [1.807, 2.05) is 31.2 Å². The van der Waals surface area contributed by atoms with Gasteiger partial charge in [-0.25, -0.2) is 11.3 Å². The number of benzene rings is 1. The molecule has 0 fully saturated rings. The first-order valence-electron chi connectivity index (χ1n) is 7.85. The van der Waals surface area contributed by atoms with Crippen LogP contribution in [0.2, 0.25) is 0 Å². The summed E-state index contributed by atoms with van der Waals surface area (Å²) in [5.74, 6) is 0.225. The van der Waals surface area contributed by atoms with Crippen molar-refractivity contribution in [3.63, 3.8) is 0 Å². The molecule has 0 bridgehead atoms. The van der Waals surface area contributed by atoms with Crippen molar-refractivity contribution in [1.29, 1.82) is 0 Å². The minimum Gasteiger partial charge on any atom is -0.465 e. The number of esters is 1. The van der Waals surface area contributed by atoms with Crippen LogP contribution in [0.4, 0.5) is 5.69 Å². The maximum atomic E-state index is 12.1. The molecule has 1 aromatic heterocycles. The van der Waals surface area contributed by atoms with Gasteiger partial charge in [0.1, 0.15) is 0 Å². The Morgan fingerprint density at radius 1 is 1.38 bits per heavy atom. The number of ether oxygens (including phenoxy) is 1. The van der Waals surface area contributed by atoms with Crippen molar-refractivity contribution < 1.29 is 56.5 Å². The van der Waals surface area contributed by atoms with E-state index in [2.05, 4.69) is 24.2 Å². The fourth-order valence-electron chi connectivity index (χ4n) is 2.22. The topological polar surface area (TPSA) is 38.7 Å². The normalized spacial score (nSPS) is 12.5. The molecule has 0 N–H and O–H groups in total. The zero-order valence-electron chi connectivity index (χ0n) is 14.1. The Labute approximate surface area is 190 Å². The zero-order chi connectivity index (χ0) is 16.7. The molecule has 0 radical (unpaired) electrons. The van der Waals surface area contributed by atoms with Crippen LogP contribution in [0.3, 0.4) is 0 Å². The minimum absolute atomic E-state index is 0. The number of carbonyl (C=O) groups is 1. The van der Waals surface area contributed by atoms with Crippen LogP contribution >= 0.6 is 22.7 Å². The predicted molar refractivity (Wildman–Crippen MR) is 96.2 cm³/mol. The molecule has 24 heavy (non-hydrogen) atoms. The smallest absolute Gasteiger partial charge is 0.310 e. The minimum atomic E-state index is -0.187. The van der Waals surface area contributed by atoms with Crippen molar-refractivity contribution in [2.45, 2.75) is 40.0 Å². The Balaban J connectivity index is 0.00000288. The fraction of sp³-hybridized carbons (Fsp3) is 0.444. The van der Waals surface area contributed by atoms with Gasteiger partial charge in [0, 0.05) is 56.6 Å². The van der Waals surface area contributed by atoms with Crippen molar-refractivity contribution in [3.8, 4) is 0 Å². The molecule has 0 aliphatic heterocycles. The predicted octanol–water partition coefficient (Wildman–Crippen LogP) is 4.67. The van der Waals surface area contributed by atoms with Crippen LogP contribution in [0.1, 0.15) is 37.1 Å². The first-order chi connectivity index (χ1) is 11.1. The monoisotopic (exact) mass is 522 g/mol. The summed E-state index contributed by atoms with van der Waals surface area (Å²) in [6.07, 6.45) is 2.45. The molecule has 2 aromatic rings. The quantitative estimate of drug-likeness (QED) is 0.392. The maximum absolute atomic E-state index is 12.1. The average Bonchev–Trinajstić information content (AvgIpc) is 2.93. The first-order valence-corrected chi connectivity index (χ1v) is 9.48. The average molecular weight is 522 g/mol. The van der Waals surface area contributed by atoms with E-state index in [4.69, 9.17) is 4.74 Å². The number of para-hydroxylation sites is 1.